The number of nitrogens with zero attached hydrogens (tertiary/aromatic N) is 1. The van der Waals surface area contributed by atoms with Crippen LogP contribution in [0, 0.1) is 5.82 Å². The Morgan fingerprint density at radius 3 is 2.70 bits per heavy atom. The SMILES string of the molecule is C[C@@H]1Cc2cc(F)ccc2[C@@H](C)N1C(=O)c1cc(C(=O)O)co1. The molecule has 1 aliphatic heterocycles. The van der Waals surface area contributed by atoms with Gasteiger partial charge in [0.05, 0.1) is 11.6 Å². The number of benzene rings is 1. The molecule has 0 saturated carbocycles. The molecule has 0 fully saturated rings. The maximum absolute atomic E-state index is 13.4. The molecule has 5 nitrogen and oxygen atoms in total. The number of carbonyl (C=O) groups excluding carboxylic acids is 1. The van der Waals surface area contributed by atoms with Crippen LogP contribution in [0.5, 0.6) is 0 Å². The van der Waals surface area contributed by atoms with Crippen LogP contribution in [-0.2, 0) is 6.42 Å². The lowest BCUT2D eigenvalue weighted by Gasteiger charge is -2.40. The van der Waals surface area contributed by atoms with E-state index < -0.39 is 5.97 Å². The van der Waals surface area contributed by atoms with E-state index in [1.54, 1.807) is 11.0 Å². The Kier molecular flexibility index (Phi) is 3.67. The number of carboxylic acids is 1. The lowest BCUT2D eigenvalue weighted by molar-refractivity contribution is 0.0547. The minimum absolute atomic E-state index is 0.00772. The van der Waals surface area contributed by atoms with Crippen molar-refractivity contribution in [1.82, 2.24) is 4.90 Å². The summed E-state index contributed by atoms with van der Waals surface area (Å²) < 4.78 is 18.5. The van der Waals surface area contributed by atoms with Gasteiger partial charge in [-0.15, -0.1) is 0 Å². The molecule has 3 rings (SSSR count). The number of halogens is 1. The van der Waals surface area contributed by atoms with E-state index in [9.17, 15) is 14.0 Å². The van der Waals surface area contributed by atoms with Gasteiger partial charge in [0.1, 0.15) is 12.1 Å². The summed E-state index contributed by atoms with van der Waals surface area (Å²) in [6.45, 7) is 3.74. The molecule has 120 valence electrons. The predicted molar refractivity (Wildman–Crippen MR) is 79.8 cm³/mol. The summed E-state index contributed by atoms with van der Waals surface area (Å²) in [7, 11) is 0. The van der Waals surface area contributed by atoms with E-state index in [0.29, 0.717) is 6.42 Å². The normalized spacial score (nSPS) is 20.2. The first kappa shape index (κ1) is 15.3. The molecule has 1 N–H and O–H groups in total. The Hall–Kier alpha value is -2.63. The van der Waals surface area contributed by atoms with Crippen LogP contribution >= 0.6 is 0 Å². The predicted octanol–water partition coefficient (Wildman–Crippen LogP) is 3.26. The van der Waals surface area contributed by atoms with Gasteiger partial charge in [-0.25, -0.2) is 9.18 Å². The Morgan fingerprint density at radius 1 is 1.30 bits per heavy atom. The monoisotopic (exact) mass is 317 g/mol. The fourth-order valence-corrected chi connectivity index (χ4v) is 3.17. The summed E-state index contributed by atoms with van der Waals surface area (Å²) in [6.07, 6.45) is 1.59. The molecule has 0 saturated heterocycles. The molecule has 0 spiro atoms. The van der Waals surface area contributed by atoms with Crippen molar-refractivity contribution in [1.29, 1.82) is 0 Å². The van der Waals surface area contributed by atoms with E-state index in [2.05, 4.69) is 0 Å². The minimum Gasteiger partial charge on any atom is -0.478 e. The fourth-order valence-electron chi connectivity index (χ4n) is 3.17. The Balaban J connectivity index is 1.94. The first-order valence-electron chi connectivity index (χ1n) is 7.31. The number of carbonyl (C=O) groups is 2. The van der Waals surface area contributed by atoms with E-state index >= 15 is 0 Å². The van der Waals surface area contributed by atoms with Gasteiger partial charge in [-0.1, -0.05) is 6.07 Å². The van der Waals surface area contributed by atoms with Crippen molar-refractivity contribution >= 4 is 11.9 Å². The van der Waals surface area contributed by atoms with Gasteiger partial charge < -0.3 is 14.4 Å². The number of carboxylic acid groups (broad SMARTS) is 1. The molecule has 1 aromatic heterocycles. The van der Waals surface area contributed by atoms with Crippen molar-refractivity contribution < 1.29 is 23.5 Å². The first-order valence-corrected chi connectivity index (χ1v) is 7.31. The van der Waals surface area contributed by atoms with Crippen LogP contribution in [0.4, 0.5) is 4.39 Å². The van der Waals surface area contributed by atoms with E-state index in [0.717, 1.165) is 17.4 Å². The number of aromatic carboxylic acids is 1. The van der Waals surface area contributed by atoms with E-state index in [-0.39, 0.29) is 35.1 Å². The number of amides is 1. The molecule has 1 aromatic carbocycles. The van der Waals surface area contributed by atoms with Gasteiger partial charge in [0.25, 0.3) is 5.91 Å². The molecule has 1 aliphatic rings. The summed E-state index contributed by atoms with van der Waals surface area (Å²) in [5.41, 5.74) is 1.72. The van der Waals surface area contributed by atoms with Gasteiger partial charge in [-0.3, -0.25) is 4.79 Å². The van der Waals surface area contributed by atoms with Crippen LogP contribution in [0.3, 0.4) is 0 Å². The third-order valence-electron chi connectivity index (χ3n) is 4.25. The van der Waals surface area contributed by atoms with E-state index in [1.807, 2.05) is 13.8 Å². The highest BCUT2D eigenvalue weighted by Crippen LogP contribution is 2.34. The zero-order valence-electron chi connectivity index (χ0n) is 12.7. The second-order valence-electron chi connectivity index (χ2n) is 5.79. The molecule has 0 unspecified atom stereocenters. The van der Waals surface area contributed by atoms with Gasteiger partial charge in [-0.05, 0) is 43.5 Å². The summed E-state index contributed by atoms with van der Waals surface area (Å²) in [5, 5.41) is 8.93. The summed E-state index contributed by atoms with van der Waals surface area (Å²) in [6, 6.07) is 5.39. The van der Waals surface area contributed by atoms with E-state index in [4.69, 9.17) is 9.52 Å². The lowest BCUT2D eigenvalue weighted by atomic mass is 9.89. The van der Waals surface area contributed by atoms with Crippen LogP contribution in [-0.4, -0.2) is 27.9 Å². The molecule has 2 atom stereocenters. The summed E-state index contributed by atoms with van der Waals surface area (Å²) in [4.78, 5) is 25.3. The van der Waals surface area contributed by atoms with Crippen molar-refractivity contribution in [2.45, 2.75) is 32.4 Å². The summed E-state index contributed by atoms with van der Waals surface area (Å²) >= 11 is 0. The van der Waals surface area contributed by atoms with Gasteiger partial charge in [-0.2, -0.15) is 0 Å². The molecule has 0 radical (unpaired) electrons. The van der Waals surface area contributed by atoms with Gasteiger partial charge in [0.2, 0.25) is 0 Å². The molecule has 23 heavy (non-hydrogen) atoms. The van der Waals surface area contributed by atoms with Crippen LogP contribution < -0.4 is 0 Å². The fraction of sp³-hybridized carbons (Fsp3) is 0.294. The Bertz CT molecular complexity index is 783. The Labute approximate surface area is 132 Å². The zero-order valence-corrected chi connectivity index (χ0v) is 12.7. The number of hydrogen-bond acceptors (Lipinski definition) is 3. The van der Waals surface area contributed by atoms with Crippen molar-refractivity contribution in [2.75, 3.05) is 0 Å². The van der Waals surface area contributed by atoms with Crippen molar-refractivity contribution in [3.8, 4) is 0 Å². The number of hydrogen-bond donors (Lipinski definition) is 1. The van der Waals surface area contributed by atoms with Crippen molar-refractivity contribution in [3.63, 3.8) is 0 Å². The highest BCUT2D eigenvalue weighted by molar-refractivity contribution is 5.96. The maximum Gasteiger partial charge on any atom is 0.338 e. The highest BCUT2D eigenvalue weighted by Gasteiger charge is 2.34. The molecule has 1 amide bonds. The molecule has 2 aromatic rings. The quantitative estimate of drug-likeness (QED) is 0.923. The maximum atomic E-state index is 13.4. The average molecular weight is 317 g/mol. The topological polar surface area (TPSA) is 70.8 Å². The van der Waals surface area contributed by atoms with Gasteiger partial charge in [0.15, 0.2) is 5.76 Å². The largest absolute Gasteiger partial charge is 0.478 e. The second kappa shape index (κ2) is 5.53. The number of rotatable bonds is 2. The second-order valence-corrected chi connectivity index (χ2v) is 5.79. The van der Waals surface area contributed by atoms with Gasteiger partial charge >= 0.3 is 5.97 Å². The molecule has 6 heteroatoms. The highest BCUT2D eigenvalue weighted by atomic mass is 19.1. The third-order valence-corrected chi connectivity index (χ3v) is 4.25. The molecule has 0 aliphatic carbocycles. The molecule has 2 heterocycles. The smallest absolute Gasteiger partial charge is 0.338 e. The first-order chi connectivity index (χ1) is 10.9. The van der Waals surface area contributed by atoms with E-state index in [1.165, 1.54) is 18.2 Å². The van der Waals surface area contributed by atoms with Gasteiger partial charge in [0, 0.05) is 12.1 Å². The third kappa shape index (κ3) is 2.60. The lowest BCUT2D eigenvalue weighted by Crippen LogP contribution is -2.44. The van der Waals surface area contributed by atoms with Crippen LogP contribution in [0.2, 0.25) is 0 Å². The number of fused-ring (bicyclic) bond motifs is 1. The summed E-state index contributed by atoms with van der Waals surface area (Å²) in [5.74, 6) is -1.81. The van der Waals surface area contributed by atoms with Crippen LogP contribution in [0.1, 0.15) is 51.9 Å². The van der Waals surface area contributed by atoms with Crippen molar-refractivity contribution in [3.05, 3.63) is 58.8 Å². The molecular weight excluding hydrogens is 301 g/mol. The average Bonchev–Trinajstić information content (AvgIpc) is 2.96. The van der Waals surface area contributed by atoms with Crippen molar-refractivity contribution in [2.24, 2.45) is 0 Å². The standard InChI is InChI=1S/C17H16FNO4/c1-9-5-11-6-13(18)3-4-14(11)10(2)19(9)16(20)15-7-12(8-23-15)17(21)22/h3-4,6-10H,5H2,1-2H3,(H,21,22)/t9-,10-/m1/s1. The molecule has 0 bridgehead atoms. The van der Waals surface area contributed by atoms with Crippen LogP contribution in [0.25, 0.3) is 0 Å². The zero-order chi connectivity index (χ0) is 16.7. The Morgan fingerprint density at radius 2 is 2.04 bits per heavy atom. The number of furan rings is 1. The molecular formula is C17H16FNO4. The van der Waals surface area contributed by atoms with Crippen LogP contribution in [0.15, 0.2) is 34.9 Å². The minimum atomic E-state index is -1.15.